The second kappa shape index (κ2) is 8.76. The molecular formula is C22H23F3N4O3. The van der Waals surface area contributed by atoms with E-state index >= 15 is 0 Å². The van der Waals surface area contributed by atoms with Crippen LogP contribution in [0.3, 0.4) is 0 Å². The molecule has 2 aliphatic rings. The molecule has 7 nitrogen and oxygen atoms in total. The van der Waals surface area contributed by atoms with Crippen molar-refractivity contribution in [3.05, 3.63) is 47.5 Å². The number of anilines is 1. The molecule has 2 aromatic rings. The summed E-state index contributed by atoms with van der Waals surface area (Å²) in [6.45, 7) is 0.317. The third-order valence-electron chi connectivity index (χ3n) is 5.59. The Kier molecular flexibility index (Phi) is 6.03. The Balaban J connectivity index is 1.35. The summed E-state index contributed by atoms with van der Waals surface area (Å²) in [6.07, 6.45) is -2.75. The Labute approximate surface area is 183 Å². The summed E-state index contributed by atoms with van der Waals surface area (Å²) in [7, 11) is 1.53. The number of benzene rings is 1. The van der Waals surface area contributed by atoms with Crippen molar-refractivity contribution >= 4 is 17.5 Å². The van der Waals surface area contributed by atoms with Gasteiger partial charge < -0.3 is 15.0 Å². The van der Waals surface area contributed by atoms with Gasteiger partial charge in [0.25, 0.3) is 0 Å². The van der Waals surface area contributed by atoms with Gasteiger partial charge in [0.05, 0.1) is 13.0 Å². The fourth-order valence-electron chi connectivity index (χ4n) is 3.72. The molecule has 1 aliphatic carbocycles. The molecule has 2 amide bonds. The minimum absolute atomic E-state index is 0.0551. The molecule has 1 unspecified atom stereocenters. The van der Waals surface area contributed by atoms with Crippen LogP contribution in [-0.4, -0.2) is 42.0 Å². The summed E-state index contributed by atoms with van der Waals surface area (Å²) in [4.78, 5) is 34.4. The van der Waals surface area contributed by atoms with E-state index in [1.54, 1.807) is 24.3 Å². The monoisotopic (exact) mass is 448 g/mol. The van der Waals surface area contributed by atoms with E-state index in [1.807, 2.05) is 0 Å². The molecule has 2 heterocycles. The molecule has 1 aromatic heterocycles. The zero-order valence-electron chi connectivity index (χ0n) is 17.5. The first-order chi connectivity index (χ1) is 15.2. The highest BCUT2D eigenvalue weighted by atomic mass is 19.4. The molecule has 32 heavy (non-hydrogen) atoms. The number of amides is 2. The van der Waals surface area contributed by atoms with Gasteiger partial charge in [-0.15, -0.1) is 0 Å². The van der Waals surface area contributed by atoms with Crippen molar-refractivity contribution in [2.75, 3.05) is 25.1 Å². The van der Waals surface area contributed by atoms with Gasteiger partial charge in [-0.25, -0.2) is 9.97 Å². The Morgan fingerprint density at radius 2 is 2.03 bits per heavy atom. The van der Waals surface area contributed by atoms with E-state index in [0.29, 0.717) is 17.1 Å². The van der Waals surface area contributed by atoms with E-state index in [9.17, 15) is 22.8 Å². The zero-order chi connectivity index (χ0) is 22.9. The zero-order valence-corrected chi connectivity index (χ0v) is 17.5. The SMILES string of the molecule is COc1cccc(N2CC(C(=O)NCCc3nc(C4CC4)cc(C(F)(F)F)n3)CC2=O)c1. The lowest BCUT2D eigenvalue weighted by Crippen LogP contribution is -2.34. The fraction of sp³-hybridized carbons (Fsp3) is 0.455. The lowest BCUT2D eigenvalue weighted by Gasteiger charge is -2.17. The first kappa shape index (κ1) is 22.0. The molecule has 4 rings (SSSR count). The highest BCUT2D eigenvalue weighted by Gasteiger charge is 2.37. The van der Waals surface area contributed by atoms with Crippen LogP contribution in [0.5, 0.6) is 5.75 Å². The second-order valence-electron chi connectivity index (χ2n) is 8.01. The van der Waals surface area contributed by atoms with Crippen LogP contribution >= 0.6 is 0 Å². The number of aromatic nitrogens is 2. The lowest BCUT2D eigenvalue weighted by molar-refractivity contribution is -0.141. The van der Waals surface area contributed by atoms with Crippen LogP contribution in [0, 0.1) is 5.92 Å². The van der Waals surface area contributed by atoms with Crippen LogP contribution < -0.4 is 15.0 Å². The standard InChI is InChI=1S/C22H23F3N4O3/c1-32-16-4-2-3-15(10-16)29-12-14(9-20(29)30)21(31)26-8-7-19-27-17(13-5-6-13)11-18(28-19)22(23,24)25/h2-4,10-11,13-14H,5-9,12H2,1H3,(H,26,31). The molecule has 1 aliphatic heterocycles. The van der Waals surface area contributed by atoms with Crippen LogP contribution in [0.2, 0.25) is 0 Å². The normalized spacial score (nSPS) is 18.7. The first-order valence-electron chi connectivity index (χ1n) is 10.4. The number of nitrogens with one attached hydrogen (secondary N) is 1. The van der Waals surface area contributed by atoms with Crippen molar-refractivity contribution in [3.8, 4) is 5.75 Å². The Morgan fingerprint density at radius 3 is 2.72 bits per heavy atom. The topological polar surface area (TPSA) is 84.4 Å². The molecule has 0 bridgehead atoms. The average Bonchev–Trinajstić information content (AvgIpc) is 3.54. The number of rotatable bonds is 7. The maximum absolute atomic E-state index is 13.1. The fourth-order valence-corrected chi connectivity index (χ4v) is 3.72. The van der Waals surface area contributed by atoms with E-state index in [1.165, 1.54) is 12.0 Å². The molecule has 10 heteroatoms. The molecule has 0 spiro atoms. The number of alkyl halides is 3. The van der Waals surface area contributed by atoms with Gasteiger partial charge in [0.1, 0.15) is 17.3 Å². The van der Waals surface area contributed by atoms with Gasteiger partial charge in [-0.3, -0.25) is 9.59 Å². The smallest absolute Gasteiger partial charge is 0.433 e. The summed E-state index contributed by atoms with van der Waals surface area (Å²) in [5.74, 6) is -0.318. The first-order valence-corrected chi connectivity index (χ1v) is 10.4. The quantitative estimate of drug-likeness (QED) is 0.704. The molecule has 170 valence electrons. The summed E-state index contributed by atoms with van der Waals surface area (Å²) < 4.78 is 44.6. The molecule has 1 atom stereocenters. The van der Waals surface area contributed by atoms with E-state index in [4.69, 9.17) is 4.74 Å². The highest BCUT2D eigenvalue weighted by molar-refractivity contribution is 6.00. The maximum Gasteiger partial charge on any atom is 0.433 e. The van der Waals surface area contributed by atoms with Gasteiger partial charge in [-0.05, 0) is 31.0 Å². The molecule has 2 fully saturated rings. The van der Waals surface area contributed by atoms with Crippen molar-refractivity contribution in [3.63, 3.8) is 0 Å². The van der Waals surface area contributed by atoms with Crippen molar-refractivity contribution in [2.24, 2.45) is 5.92 Å². The maximum atomic E-state index is 13.1. The van der Waals surface area contributed by atoms with E-state index in [2.05, 4.69) is 15.3 Å². The third kappa shape index (κ3) is 5.00. The van der Waals surface area contributed by atoms with Gasteiger partial charge in [0, 0.05) is 49.3 Å². The third-order valence-corrected chi connectivity index (χ3v) is 5.59. The van der Waals surface area contributed by atoms with Crippen molar-refractivity contribution in [2.45, 2.75) is 37.8 Å². The van der Waals surface area contributed by atoms with Gasteiger partial charge >= 0.3 is 6.18 Å². The minimum Gasteiger partial charge on any atom is -0.497 e. The predicted molar refractivity (Wildman–Crippen MR) is 109 cm³/mol. The molecular weight excluding hydrogens is 425 g/mol. The molecule has 1 saturated carbocycles. The summed E-state index contributed by atoms with van der Waals surface area (Å²) >= 11 is 0. The number of carbonyl (C=O) groups excluding carboxylic acids is 2. The molecule has 0 radical (unpaired) electrons. The number of ether oxygens (including phenoxy) is 1. The Bertz CT molecular complexity index is 1020. The number of carbonyl (C=O) groups is 2. The summed E-state index contributed by atoms with van der Waals surface area (Å²) in [5, 5.41) is 2.71. The number of nitrogens with zero attached hydrogens (tertiary/aromatic N) is 3. The number of hydrogen-bond acceptors (Lipinski definition) is 5. The van der Waals surface area contributed by atoms with E-state index in [-0.39, 0.29) is 49.5 Å². The largest absolute Gasteiger partial charge is 0.497 e. The minimum atomic E-state index is -4.54. The van der Waals surface area contributed by atoms with Gasteiger partial charge in [-0.2, -0.15) is 13.2 Å². The van der Waals surface area contributed by atoms with Crippen molar-refractivity contribution < 1.29 is 27.5 Å². The Hall–Kier alpha value is -3.17. The molecule has 1 aromatic carbocycles. The van der Waals surface area contributed by atoms with Gasteiger partial charge in [0.2, 0.25) is 11.8 Å². The summed E-state index contributed by atoms with van der Waals surface area (Å²) in [5.41, 5.74) is 0.102. The van der Waals surface area contributed by atoms with Crippen LogP contribution in [0.4, 0.5) is 18.9 Å². The molecule has 1 N–H and O–H groups in total. The number of hydrogen-bond donors (Lipinski definition) is 1. The summed E-state index contributed by atoms with van der Waals surface area (Å²) in [6, 6.07) is 8.03. The van der Waals surface area contributed by atoms with Crippen molar-refractivity contribution in [1.29, 1.82) is 0 Å². The highest BCUT2D eigenvalue weighted by Crippen LogP contribution is 2.40. The lowest BCUT2D eigenvalue weighted by atomic mass is 10.1. The van der Waals surface area contributed by atoms with Gasteiger partial charge in [0.15, 0.2) is 0 Å². The van der Waals surface area contributed by atoms with Gasteiger partial charge in [-0.1, -0.05) is 6.07 Å². The molecule has 1 saturated heterocycles. The van der Waals surface area contributed by atoms with Crippen LogP contribution in [0.15, 0.2) is 30.3 Å². The number of halogens is 3. The van der Waals surface area contributed by atoms with Crippen molar-refractivity contribution in [1.82, 2.24) is 15.3 Å². The van der Waals surface area contributed by atoms with E-state index < -0.39 is 17.8 Å². The van der Waals surface area contributed by atoms with Crippen LogP contribution in [-0.2, 0) is 22.2 Å². The predicted octanol–water partition coefficient (Wildman–Crippen LogP) is 3.09. The van der Waals surface area contributed by atoms with Crippen LogP contribution in [0.25, 0.3) is 0 Å². The van der Waals surface area contributed by atoms with E-state index in [0.717, 1.165) is 18.9 Å². The number of methoxy groups -OCH3 is 1. The second-order valence-corrected chi connectivity index (χ2v) is 8.01. The van der Waals surface area contributed by atoms with Crippen LogP contribution in [0.1, 0.15) is 42.4 Å². The average molecular weight is 448 g/mol. The Morgan fingerprint density at radius 1 is 1.25 bits per heavy atom.